The SMILES string of the molecule is CCN(CCO)c1nc(NN)nc(N(C)C)n1. The molecule has 0 aliphatic heterocycles. The second-order valence-electron chi connectivity index (χ2n) is 3.60. The fourth-order valence-corrected chi connectivity index (χ4v) is 1.28. The Morgan fingerprint density at radius 1 is 1.24 bits per heavy atom. The van der Waals surface area contributed by atoms with Gasteiger partial charge in [-0.15, -0.1) is 0 Å². The van der Waals surface area contributed by atoms with E-state index in [1.54, 1.807) is 4.90 Å². The Balaban J connectivity index is 3.08. The molecule has 0 unspecified atom stereocenters. The van der Waals surface area contributed by atoms with Crippen LogP contribution < -0.4 is 21.1 Å². The van der Waals surface area contributed by atoms with Crippen molar-refractivity contribution in [3.05, 3.63) is 0 Å². The van der Waals surface area contributed by atoms with E-state index < -0.39 is 0 Å². The van der Waals surface area contributed by atoms with Crippen LogP contribution in [0.3, 0.4) is 0 Å². The molecule has 8 heteroatoms. The van der Waals surface area contributed by atoms with Gasteiger partial charge in [0.05, 0.1) is 6.61 Å². The normalized spacial score (nSPS) is 10.2. The number of hydrazine groups is 1. The van der Waals surface area contributed by atoms with E-state index in [1.165, 1.54) is 0 Å². The molecule has 0 aliphatic carbocycles. The maximum Gasteiger partial charge on any atom is 0.243 e. The summed E-state index contributed by atoms with van der Waals surface area (Å²) in [5.41, 5.74) is 2.41. The number of nitrogens with one attached hydrogen (secondary N) is 1. The first-order chi connectivity index (χ1) is 8.12. The quantitative estimate of drug-likeness (QED) is 0.432. The molecule has 0 saturated heterocycles. The first-order valence-corrected chi connectivity index (χ1v) is 5.38. The van der Waals surface area contributed by atoms with Crippen LogP contribution in [0.2, 0.25) is 0 Å². The number of nitrogen functional groups attached to an aromatic ring is 1. The van der Waals surface area contributed by atoms with Crippen molar-refractivity contribution >= 4 is 17.8 Å². The van der Waals surface area contributed by atoms with Gasteiger partial charge < -0.3 is 14.9 Å². The van der Waals surface area contributed by atoms with Gasteiger partial charge in [0.2, 0.25) is 17.8 Å². The number of aliphatic hydroxyl groups is 1. The van der Waals surface area contributed by atoms with Crippen LogP contribution in [-0.4, -0.2) is 53.9 Å². The Morgan fingerprint density at radius 3 is 2.35 bits per heavy atom. The summed E-state index contributed by atoms with van der Waals surface area (Å²) in [5, 5.41) is 8.97. The van der Waals surface area contributed by atoms with Crippen LogP contribution in [0.4, 0.5) is 17.8 Å². The highest BCUT2D eigenvalue weighted by Crippen LogP contribution is 2.14. The average Bonchev–Trinajstić information content (AvgIpc) is 2.35. The Morgan fingerprint density at radius 2 is 1.88 bits per heavy atom. The van der Waals surface area contributed by atoms with Crippen molar-refractivity contribution in [3.63, 3.8) is 0 Å². The number of hydrogen-bond acceptors (Lipinski definition) is 8. The molecule has 0 fully saturated rings. The van der Waals surface area contributed by atoms with Gasteiger partial charge in [-0.1, -0.05) is 0 Å². The van der Waals surface area contributed by atoms with Crippen LogP contribution in [0.15, 0.2) is 0 Å². The number of hydrogen-bond donors (Lipinski definition) is 3. The zero-order valence-electron chi connectivity index (χ0n) is 10.4. The molecule has 96 valence electrons. The fourth-order valence-electron chi connectivity index (χ4n) is 1.28. The Labute approximate surface area is 100 Å². The summed E-state index contributed by atoms with van der Waals surface area (Å²) in [6.07, 6.45) is 0. The molecule has 17 heavy (non-hydrogen) atoms. The molecule has 8 nitrogen and oxygen atoms in total. The topological polar surface area (TPSA) is 103 Å². The summed E-state index contributed by atoms with van der Waals surface area (Å²) in [5.74, 6) is 6.62. The van der Waals surface area contributed by atoms with Gasteiger partial charge in [-0.25, -0.2) is 5.84 Å². The standard InChI is InChI=1S/C9H19N7O/c1-4-16(5-6-17)9-12-7(14-10)11-8(13-9)15(2)3/h17H,4-6,10H2,1-3H3,(H,11,12,13,14). The number of anilines is 3. The van der Waals surface area contributed by atoms with Gasteiger partial charge in [-0.2, -0.15) is 15.0 Å². The van der Waals surface area contributed by atoms with E-state index in [0.29, 0.717) is 30.9 Å². The smallest absolute Gasteiger partial charge is 0.243 e. The molecule has 1 aromatic rings. The van der Waals surface area contributed by atoms with E-state index >= 15 is 0 Å². The molecular weight excluding hydrogens is 222 g/mol. The summed E-state index contributed by atoms with van der Waals surface area (Å²) in [4.78, 5) is 16.2. The Kier molecular flexibility index (Phi) is 4.85. The summed E-state index contributed by atoms with van der Waals surface area (Å²) >= 11 is 0. The largest absolute Gasteiger partial charge is 0.395 e. The van der Waals surface area contributed by atoms with E-state index in [4.69, 9.17) is 10.9 Å². The van der Waals surface area contributed by atoms with Crippen molar-refractivity contribution in [3.8, 4) is 0 Å². The number of rotatable bonds is 6. The first-order valence-electron chi connectivity index (χ1n) is 5.38. The molecule has 4 N–H and O–H groups in total. The summed E-state index contributed by atoms with van der Waals surface area (Å²) in [6, 6.07) is 0. The molecule has 0 atom stereocenters. The molecule has 1 rings (SSSR count). The van der Waals surface area contributed by atoms with Crippen molar-refractivity contribution in [1.29, 1.82) is 0 Å². The van der Waals surface area contributed by atoms with Crippen molar-refractivity contribution < 1.29 is 5.11 Å². The van der Waals surface area contributed by atoms with Crippen molar-refractivity contribution in [2.24, 2.45) is 5.84 Å². The highest BCUT2D eigenvalue weighted by molar-refractivity contribution is 5.43. The third kappa shape index (κ3) is 3.40. The van der Waals surface area contributed by atoms with Crippen LogP contribution in [0.5, 0.6) is 0 Å². The first kappa shape index (κ1) is 13.4. The highest BCUT2D eigenvalue weighted by Gasteiger charge is 2.12. The summed E-state index contributed by atoms with van der Waals surface area (Å²) in [6.45, 7) is 3.17. The molecule has 0 spiro atoms. The van der Waals surface area contributed by atoms with Crippen LogP contribution in [0.25, 0.3) is 0 Å². The van der Waals surface area contributed by atoms with E-state index in [0.717, 1.165) is 0 Å². The molecule has 0 bridgehead atoms. The number of nitrogens with zero attached hydrogens (tertiary/aromatic N) is 5. The zero-order chi connectivity index (χ0) is 12.8. The zero-order valence-corrected chi connectivity index (χ0v) is 10.4. The fraction of sp³-hybridized carbons (Fsp3) is 0.667. The summed E-state index contributed by atoms with van der Waals surface area (Å²) in [7, 11) is 3.67. The van der Waals surface area contributed by atoms with Gasteiger partial charge >= 0.3 is 0 Å². The van der Waals surface area contributed by atoms with Crippen LogP contribution in [0.1, 0.15) is 6.92 Å². The second-order valence-corrected chi connectivity index (χ2v) is 3.60. The molecule has 1 heterocycles. The Bertz CT molecular complexity index is 357. The lowest BCUT2D eigenvalue weighted by molar-refractivity contribution is 0.301. The molecule has 0 amide bonds. The van der Waals surface area contributed by atoms with Crippen LogP contribution in [-0.2, 0) is 0 Å². The number of aromatic nitrogens is 3. The third-order valence-electron chi connectivity index (χ3n) is 2.18. The highest BCUT2D eigenvalue weighted by atomic mass is 16.3. The van der Waals surface area contributed by atoms with Gasteiger partial charge in [-0.3, -0.25) is 5.43 Å². The van der Waals surface area contributed by atoms with E-state index in [2.05, 4.69) is 20.4 Å². The van der Waals surface area contributed by atoms with Gasteiger partial charge in [0.1, 0.15) is 0 Å². The van der Waals surface area contributed by atoms with Crippen LogP contribution >= 0.6 is 0 Å². The molecular formula is C9H19N7O. The monoisotopic (exact) mass is 241 g/mol. The lowest BCUT2D eigenvalue weighted by atomic mass is 10.5. The molecule has 0 radical (unpaired) electrons. The second kappa shape index (κ2) is 6.16. The average molecular weight is 241 g/mol. The van der Waals surface area contributed by atoms with Crippen LogP contribution in [0, 0.1) is 0 Å². The van der Waals surface area contributed by atoms with Gasteiger partial charge in [0.15, 0.2) is 0 Å². The van der Waals surface area contributed by atoms with Gasteiger partial charge in [0, 0.05) is 27.2 Å². The van der Waals surface area contributed by atoms with Gasteiger partial charge in [0.25, 0.3) is 0 Å². The van der Waals surface area contributed by atoms with E-state index in [9.17, 15) is 0 Å². The van der Waals surface area contributed by atoms with E-state index in [1.807, 2.05) is 25.9 Å². The van der Waals surface area contributed by atoms with Crippen molar-refractivity contribution in [2.75, 3.05) is 49.0 Å². The third-order valence-corrected chi connectivity index (χ3v) is 2.18. The Hall–Kier alpha value is -1.67. The molecule has 0 saturated carbocycles. The lowest BCUT2D eigenvalue weighted by Gasteiger charge is -2.21. The van der Waals surface area contributed by atoms with Crippen molar-refractivity contribution in [1.82, 2.24) is 15.0 Å². The number of likely N-dealkylation sites (N-methyl/N-ethyl adjacent to an activating group) is 1. The summed E-state index contributed by atoms with van der Waals surface area (Å²) < 4.78 is 0. The minimum Gasteiger partial charge on any atom is -0.395 e. The number of aliphatic hydroxyl groups excluding tert-OH is 1. The lowest BCUT2D eigenvalue weighted by Crippen LogP contribution is -2.29. The molecule has 0 aromatic carbocycles. The predicted molar refractivity (Wildman–Crippen MR) is 66.9 cm³/mol. The van der Waals surface area contributed by atoms with Gasteiger partial charge in [-0.05, 0) is 6.92 Å². The maximum absolute atomic E-state index is 8.97. The van der Waals surface area contributed by atoms with E-state index in [-0.39, 0.29) is 6.61 Å². The minimum absolute atomic E-state index is 0.0439. The van der Waals surface area contributed by atoms with Crippen molar-refractivity contribution in [2.45, 2.75) is 6.92 Å². The maximum atomic E-state index is 8.97. The minimum atomic E-state index is 0.0439. The molecule has 0 aliphatic rings. The molecule has 1 aromatic heterocycles. The number of nitrogens with two attached hydrogens (primary N) is 1. The predicted octanol–water partition coefficient (Wildman–Crippen LogP) is -0.958.